The smallest absolute Gasteiger partial charge is 0.164 e. The minimum atomic E-state index is 0.162. The number of aryl methyl sites for hydroxylation is 2. The summed E-state index contributed by atoms with van der Waals surface area (Å²) >= 11 is 0. The summed E-state index contributed by atoms with van der Waals surface area (Å²) in [4.78, 5) is 16.4. The Morgan fingerprint density at radius 3 is 2.89 bits per heavy atom. The van der Waals surface area contributed by atoms with Crippen molar-refractivity contribution in [1.82, 2.24) is 14.9 Å². The number of nitrogens with zero attached hydrogens (tertiary/aromatic N) is 2. The first kappa shape index (κ1) is 12.8. The molecule has 1 aromatic carbocycles. The van der Waals surface area contributed by atoms with Crippen LogP contribution < -0.4 is 5.32 Å². The Bertz CT molecular complexity index is 572. The molecule has 1 N–H and O–H groups in total. The Labute approximate surface area is 107 Å². The fraction of sp³-hybridized carbons (Fsp3) is 0.429. The first-order valence-corrected chi connectivity index (χ1v) is 6.32. The maximum absolute atomic E-state index is 11.9. The quantitative estimate of drug-likeness (QED) is 0.821. The van der Waals surface area contributed by atoms with E-state index in [2.05, 4.69) is 21.8 Å². The fourth-order valence-electron chi connectivity index (χ4n) is 2.21. The van der Waals surface area contributed by atoms with Crippen molar-refractivity contribution in [1.29, 1.82) is 0 Å². The van der Waals surface area contributed by atoms with E-state index >= 15 is 0 Å². The first-order chi connectivity index (χ1) is 8.67. The molecule has 2 rings (SSSR count). The Morgan fingerprint density at radius 2 is 2.22 bits per heavy atom. The number of Topliss-reactive ketones (excluding diaryl/α,β-unsaturated/α-hetero) is 1. The zero-order valence-corrected chi connectivity index (χ0v) is 11.2. The van der Waals surface area contributed by atoms with Crippen LogP contribution in [-0.2, 0) is 6.54 Å². The van der Waals surface area contributed by atoms with E-state index in [1.54, 1.807) is 0 Å². The second-order valence-electron chi connectivity index (χ2n) is 4.38. The number of carbonyl (C=O) groups excluding carboxylic acids is 1. The SMILES string of the molecule is CCn1c(C)nc2cc(C(=O)CCNC)ccc21. The summed E-state index contributed by atoms with van der Waals surface area (Å²) < 4.78 is 2.15. The summed E-state index contributed by atoms with van der Waals surface area (Å²) in [5, 5.41) is 2.99. The van der Waals surface area contributed by atoms with Gasteiger partial charge in [-0.15, -0.1) is 0 Å². The number of benzene rings is 1. The predicted molar refractivity (Wildman–Crippen MR) is 73.0 cm³/mol. The van der Waals surface area contributed by atoms with Gasteiger partial charge in [-0.25, -0.2) is 4.98 Å². The molecule has 4 nitrogen and oxygen atoms in total. The minimum absolute atomic E-state index is 0.162. The van der Waals surface area contributed by atoms with Gasteiger partial charge in [-0.2, -0.15) is 0 Å². The molecule has 0 unspecified atom stereocenters. The Kier molecular flexibility index (Phi) is 3.77. The third-order valence-corrected chi connectivity index (χ3v) is 3.18. The molecule has 0 aliphatic carbocycles. The van der Waals surface area contributed by atoms with Crippen LogP contribution in [0.25, 0.3) is 11.0 Å². The van der Waals surface area contributed by atoms with E-state index in [0.717, 1.165) is 29.0 Å². The lowest BCUT2D eigenvalue weighted by Gasteiger charge is -2.03. The monoisotopic (exact) mass is 245 g/mol. The largest absolute Gasteiger partial charge is 0.329 e. The zero-order chi connectivity index (χ0) is 13.1. The molecule has 1 aromatic heterocycles. The normalized spacial score (nSPS) is 11.1. The van der Waals surface area contributed by atoms with E-state index in [-0.39, 0.29) is 5.78 Å². The molecule has 0 bridgehead atoms. The van der Waals surface area contributed by atoms with Crippen LogP contribution in [-0.4, -0.2) is 28.9 Å². The Balaban J connectivity index is 2.36. The number of hydrogen-bond donors (Lipinski definition) is 1. The van der Waals surface area contributed by atoms with Crippen LogP contribution in [0.3, 0.4) is 0 Å². The lowest BCUT2D eigenvalue weighted by atomic mass is 10.1. The molecule has 0 saturated heterocycles. The summed E-state index contributed by atoms with van der Waals surface area (Å²) in [7, 11) is 1.85. The molecule has 0 aliphatic rings. The van der Waals surface area contributed by atoms with Crippen LogP contribution in [0.4, 0.5) is 0 Å². The molecule has 0 spiro atoms. The van der Waals surface area contributed by atoms with E-state index in [1.807, 2.05) is 32.2 Å². The third-order valence-electron chi connectivity index (χ3n) is 3.18. The van der Waals surface area contributed by atoms with Gasteiger partial charge in [-0.05, 0) is 39.1 Å². The zero-order valence-electron chi connectivity index (χ0n) is 11.2. The van der Waals surface area contributed by atoms with Gasteiger partial charge < -0.3 is 9.88 Å². The van der Waals surface area contributed by atoms with Gasteiger partial charge in [0, 0.05) is 25.1 Å². The molecule has 18 heavy (non-hydrogen) atoms. The minimum Gasteiger partial charge on any atom is -0.329 e. The average Bonchev–Trinajstić information content (AvgIpc) is 2.69. The summed E-state index contributed by atoms with van der Waals surface area (Å²) in [5.74, 6) is 1.15. The van der Waals surface area contributed by atoms with Crippen molar-refractivity contribution in [2.45, 2.75) is 26.8 Å². The van der Waals surface area contributed by atoms with Crippen LogP contribution in [0, 0.1) is 6.92 Å². The van der Waals surface area contributed by atoms with Gasteiger partial charge in [-0.3, -0.25) is 4.79 Å². The van der Waals surface area contributed by atoms with Crippen LogP contribution in [0.1, 0.15) is 29.5 Å². The number of fused-ring (bicyclic) bond motifs is 1. The van der Waals surface area contributed by atoms with Gasteiger partial charge in [0.15, 0.2) is 5.78 Å². The van der Waals surface area contributed by atoms with Crippen molar-refractivity contribution in [2.24, 2.45) is 0 Å². The van der Waals surface area contributed by atoms with Crippen LogP contribution in [0.5, 0.6) is 0 Å². The maximum atomic E-state index is 11.9. The molecule has 0 radical (unpaired) electrons. The number of hydrogen-bond acceptors (Lipinski definition) is 3. The van der Waals surface area contributed by atoms with Gasteiger partial charge in [-0.1, -0.05) is 0 Å². The van der Waals surface area contributed by atoms with Crippen molar-refractivity contribution in [2.75, 3.05) is 13.6 Å². The van der Waals surface area contributed by atoms with E-state index in [1.165, 1.54) is 0 Å². The van der Waals surface area contributed by atoms with E-state index in [4.69, 9.17) is 0 Å². The third kappa shape index (κ3) is 2.29. The van der Waals surface area contributed by atoms with E-state index < -0.39 is 0 Å². The number of imidazole rings is 1. The lowest BCUT2D eigenvalue weighted by Crippen LogP contribution is -2.13. The topological polar surface area (TPSA) is 46.9 Å². The average molecular weight is 245 g/mol. The molecule has 0 aliphatic heterocycles. The standard InChI is InChI=1S/C14H19N3O/c1-4-17-10(2)16-12-9-11(5-6-13(12)17)14(18)7-8-15-3/h5-6,9,15H,4,7-8H2,1-3H3. The van der Waals surface area contributed by atoms with Crippen LogP contribution in [0.2, 0.25) is 0 Å². The highest BCUT2D eigenvalue weighted by Crippen LogP contribution is 2.18. The van der Waals surface area contributed by atoms with Gasteiger partial charge in [0.25, 0.3) is 0 Å². The molecule has 4 heteroatoms. The number of ketones is 1. The van der Waals surface area contributed by atoms with E-state index in [9.17, 15) is 4.79 Å². The van der Waals surface area contributed by atoms with Crippen molar-refractivity contribution in [3.63, 3.8) is 0 Å². The van der Waals surface area contributed by atoms with Gasteiger partial charge >= 0.3 is 0 Å². The van der Waals surface area contributed by atoms with Crippen molar-refractivity contribution in [3.8, 4) is 0 Å². The van der Waals surface area contributed by atoms with Gasteiger partial charge in [0.1, 0.15) is 5.82 Å². The molecule has 0 fully saturated rings. The molecule has 0 saturated carbocycles. The van der Waals surface area contributed by atoms with Crippen molar-refractivity contribution >= 4 is 16.8 Å². The molecule has 96 valence electrons. The number of nitrogens with one attached hydrogen (secondary N) is 1. The van der Waals surface area contributed by atoms with Crippen molar-refractivity contribution in [3.05, 3.63) is 29.6 Å². The van der Waals surface area contributed by atoms with Gasteiger partial charge in [0.2, 0.25) is 0 Å². The second-order valence-corrected chi connectivity index (χ2v) is 4.38. The maximum Gasteiger partial charge on any atom is 0.164 e. The summed E-state index contributed by atoms with van der Waals surface area (Å²) in [5.41, 5.74) is 2.75. The lowest BCUT2D eigenvalue weighted by molar-refractivity contribution is 0.0983. The molecular formula is C14H19N3O. The first-order valence-electron chi connectivity index (χ1n) is 6.32. The number of carbonyl (C=O) groups is 1. The molecule has 0 amide bonds. The summed E-state index contributed by atoms with van der Waals surface area (Å²) in [6.45, 7) is 5.70. The Morgan fingerprint density at radius 1 is 1.44 bits per heavy atom. The molecule has 2 aromatic rings. The highest BCUT2D eigenvalue weighted by atomic mass is 16.1. The second kappa shape index (κ2) is 5.31. The highest BCUT2D eigenvalue weighted by Gasteiger charge is 2.10. The highest BCUT2D eigenvalue weighted by molar-refractivity contribution is 5.99. The summed E-state index contributed by atoms with van der Waals surface area (Å²) in [6.07, 6.45) is 0.523. The number of aromatic nitrogens is 2. The predicted octanol–water partition coefficient (Wildman–Crippen LogP) is 2.16. The van der Waals surface area contributed by atoms with Crippen LogP contribution in [0.15, 0.2) is 18.2 Å². The molecule has 0 atom stereocenters. The fourth-order valence-corrected chi connectivity index (χ4v) is 2.21. The Hall–Kier alpha value is -1.68. The van der Waals surface area contributed by atoms with Crippen molar-refractivity contribution < 1.29 is 4.79 Å². The van der Waals surface area contributed by atoms with E-state index in [0.29, 0.717) is 13.0 Å². The van der Waals surface area contributed by atoms with Crippen LogP contribution >= 0.6 is 0 Å². The molecular weight excluding hydrogens is 226 g/mol. The number of rotatable bonds is 5. The summed E-state index contributed by atoms with van der Waals surface area (Å²) in [6, 6.07) is 5.78. The molecule has 1 heterocycles. The van der Waals surface area contributed by atoms with Gasteiger partial charge in [0.05, 0.1) is 11.0 Å².